The van der Waals surface area contributed by atoms with Crippen molar-refractivity contribution in [2.75, 3.05) is 6.54 Å². The second-order valence-corrected chi connectivity index (χ2v) is 12.6. The fraction of sp³-hybridized carbons (Fsp3) is 0.789. The van der Waals surface area contributed by atoms with Gasteiger partial charge in [0.2, 0.25) is 5.91 Å². The molecule has 0 saturated carbocycles. The van der Waals surface area contributed by atoms with Crippen LogP contribution in [0.4, 0.5) is 0 Å². The molecule has 0 aromatic carbocycles. The first kappa shape index (κ1) is 22.9. The van der Waals surface area contributed by atoms with E-state index < -0.39 is 14.2 Å². The minimum Gasteiger partial charge on any atom is -0.481 e. The maximum absolute atomic E-state index is 12.2. The van der Waals surface area contributed by atoms with Crippen molar-refractivity contribution >= 4 is 20.1 Å². The highest BCUT2D eigenvalue weighted by atomic mass is 28.3. The predicted octanol–water partition coefficient (Wildman–Crippen LogP) is 5.21. The SMILES string of the molecule is C=C(C)C(=O)N(CCCCCCCCCCCC(=O)O)[Si](C)(C)C. The summed E-state index contributed by atoms with van der Waals surface area (Å²) in [5.74, 6) is -0.567. The van der Waals surface area contributed by atoms with Crippen LogP contribution in [0, 0.1) is 0 Å². The number of hydrogen-bond donors (Lipinski definition) is 1. The average molecular weight is 356 g/mol. The van der Waals surface area contributed by atoms with E-state index in [1.807, 2.05) is 0 Å². The molecule has 0 aliphatic heterocycles. The van der Waals surface area contributed by atoms with Crippen LogP contribution >= 0.6 is 0 Å². The highest BCUT2D eigenvalue weighted by molar-refractivity contribution is 6.75. The molecular formula is C19H37NO3Si. The number of aliphatic carboxylic acids is 1. The lowest BCUT2D eigenvalue weighted by atomic mass is 10.1. The molecule has 0 fully saturated rings. The number of unbranched alkanes of at least 4 members (excludes halogenated alkanes) is 8. The molecular weight excluding hydrogens is 318 g/mol. The molecule has 1 amide bonds. The van der Waals surface area contributed by atoms with E-state index >= 15 is 0 Å². The predicted molar refractivity (Wildman–Crippen MR) is 104 cm³/mol. The second kappa shape index (κ2) is 12.3. The number of carboxylic acid groups (broad SMARTS) is 1. The fourth-order valence-corrected chi connectivity index (χ4v) is 4.38. The normalized spacial score (nSPS) is 11.3. The summed E-state index contributed by atoms with van der Waals surface area (Å²) in [6.07, 6.45) is 10.4. The Bertz CT molecular complexity index is 402. The van der Waals surface area contributed by atoms with E-state index in [0.717, 1.165) is 32.2 Å². The third kappa shape index (κ3) is 11.4. The van der Waals surface area contributed by atoms with Crippen LogP contribution in [0.3, 0.4) is 0 Å². The van der Waals surface area contributed by atoms with Crippen molar-refractivity contribution in [3.8, 4) is 0 Å². The van der Waals surface area contributed by atoms with Crippen molar-refractivity contribution < 1.29 is 14.7 Å². The van der Waals surface area contributed by atoms with E-state index in [0.29, 0.717) is 12.0 Å². The van der Waals surface area contributed by atoms with Crippen molar-refractivity contribution in [3.63, 3.8) is 0 Å². The van der Waals surface area contributed by atoms with Gasteiger partial charge in [0, 0.05) is 18.5 Å². The molecule has 0 heterocycles. The topological polar surface area (TPSA) is 57.6 Å². The third-order valence-corrected chi connectivity index (χ3v) is 6.24. The Kier molecular flexibility index (Phi) is 11.7. The summed E-state index contributed by atoms with van der Waals surface area (Å²) in [6.45, 7) is 13.1. The highest BCUT2D eigenvalue weighted by Crippen LogP contribution is 2.16. The van der Waals surface area contributed by atoms with Crippen molar-refractivity contribution in [3.05, 3.63) is 12.2 Å². The molecule has 0 bridgehead atoms. The number of nitrogens with zero attached hydrogens (tertiary/aromatic N) is 1. The van der Waals surface area contributed by atoms with Gasteiger partial charge in [-0.25, -0.2) is 0 Å². The molecule has 5 heteroatoms. The molecule has 140 valence electrons. The summed E-state index contributed by atoms with van der Waals surface area (Å²) in [5.41, 5.74) is 0.639. The number of carbonyl (C=O) groups is 2. The maximum Gasteiger partial charge on any atom is 0.303 e. The summed E-state index contributed by atoms with van der Waals surface area (Å²) in [5, 5.41) is 8.56. The molecule has 0 atom stereocenters. The molecule has 0 spiro atoms. The van der Waals surface area contributed by atoms with Gasteiger partial charge in [-0.3, -0.25) is 9.59 Å². The fourth-order valence-electron chi connectivity index (χ4n) is 2.76. The van der Waals surface area contributed by atoms with Gasteiger partial charge < -0.3 is 9.67 Å². The van der Waals surface area contributed by atoms with Crippen molar-refractivity contribution in [1.29, 1.82) is 0 Å². The standard InChI is InChI=1S/C19H37NO3Si/c1-17(2)19(23)20(24(3,4)5)16-14-12-10-8-6-7-9-11-13-15-18(21)22/h1,6-16H2,2-5H3,(H,21,22). The first-order valence-electron chi connectivity index (χ1n) is 9.35. The van der Waals surface area contributed by atoms with Gasteiger partial charge >= 0.3 is 5.97 Å². The van der Waals surface area contributed by atoms with Crippen LogP contribution < -0.4 is 0 Å². The molecule has 0 unspecified atom stereocenters. The molecule has 0 aromatic rings. The van der Waals surface area contributed by atoms with Crippen LogP contribution in [0.15, 0.2) is 12.2 Å². The smallest absolute Gasteiger partial charge is 0.303 e. The zero-order valence-electron chi connectivity index (χ0n) is 16.2. The Morgan fingerprint density at radius 3 is 1.67 bits per heavy atom. The van der Waals surface area contributed by atoms with E-state index in [-0.39, 0.29) is 5.91 Å². The van der Waals surface area contributed by atoms with Gasteiger partial charge in [-0.05, 0) is 19.8 Å². The lowest BCUT2D eigenvalue weighted by Gasteiger charge is -2.34. The van der Waals surface area contributed by atoms with Gasteiger partial charge in [0.15, 0.2) is 8.24 Å². The lowest BCUT2D eigenvalue weighted by molar-refractivity contribution is -0.137. The van der Waals surface area contributed by atoms with Gasteiger partial charge in [0.05, 0.1) is 0 Å². The lowest BCUT2D eigenvalue weighted by Crippen LogP contribution is -2.50. The molecule has 0 radical (unpaired) electrons. The van der Waals surface area contributed by atoms with Crippen LogP contribution in [-0.4, -0.2) is 36.3 Å². The second-order valence-electron chi connectivity index (χ2n) is 7.73. The van der Waals surface area contributed by atoms with Crippen LogP contribution in [-0.2, 0) is 9.59 Å². The van der Waals surface area contributed by atoms with Gasteiger partial charge in [-0.15, -0.1) is 0 Å². The Hall–Kier alpha value is -1.10. The quantitative estimate of drug-likeness (QED) is 0.264. The number of amides is 1. The molecule has 4 nitrogen and oxygen atoms in total. The van der Waals surface area contributed by atoms with Gasteiger partial charge in [-0.2, -0.15) is 0 Å². The average Bonchev–Trinajstić information content (AvgIpc) is 2.46. The minimum absolute atomic E-state index is 0.121. The van der Waals surface area contributed by atoms with Crippen LogP contribution in [0.5, 0.6) is 0 Å². The van der Waals surface area contributed by atoms with Crippen LogP contribution in [0.1, 0.15) is 71.1 Å². The first-order valence-corrected chi connectivity index (χ1v) is 12.8. The Balaban J connectivity index is 3.71. The molecule has 0 aliphatic carbocycles. The number of rotatable bonds is 14. The monoisotopic (exact) mass is 355 g/mol. The first-order chi connectivity index (χ1) is 11.2. The van der Waals surface area contributed by atoms with Crippen LogP contribution in [0.2, 0.25) is 19.6 Å². The Morgan fingerprint density at radius 2 is 1.29 bits per heavy atom. The van der Waals surface area contributed by atoms with Crippen molar-refractivity contribution in [1.82, 2.24) is 4.57 Å². The highest BCUT2D eigenvalue weighted by Gasteiger charge is 2.28. The number of carbonyl (C=O) groups excluding carboxylic acids is 1. The van der Waals surface area contributed by atoms with Crippen molar-refractivity contribution in [2.45, 2.75) is 90.8 Å². The number of hydrogen-bond acceptors (Lipinski definition) is 2. The van der Waals surface area contributed by atoms with Gasteiger partial charge in [0.25, 0.3) is 0 Å². The van der Waals surface area contributed by atoms with E-state index in [2.05, 4.69) is 30.8 Å². The zero-order valence-corrected chi connectivity index (χ0v) is 17.2. The van der Waals surface area contributed by atoms with E-state index in [1.165, 1.54) is 32.1 Å². The molecule has 24 heavy (non-hydrogen) atoms. The molecule has 1 N–H and O–H groups in total. The summed E-state index contributed by atoms with van der Waals surface area (Å²) >= 11 is 0. The molecule has 0 rings (SSSR count). The summed E-state index contributed by atoms with van der Waals surface area (Å²) in [6, 6.07) is 0. The van der Waals surface area contributed by atoms with Crippen molar-refractivity contribution in [2.24, 2.45) is 0 Å². The molecule has 0 aromatic heterocycles. The Morgan fingerprint density at radius 1 is 0.875 bits per heavy atom. The summed E-state index contributed by atoms with van der Waals surface area (Å²) in [4.78, 5) is 22.6. The van der Waals surface area contributed by atoms with E-state index in [9.17, 15) is 9.59 Å². The Labute approximate surface area is 149 Å². The van der Waals surface area contributed by atoms with Gasteiger partial charge in [0.1, 0.15) is 0 Å². The zero-order chi connectivity index (χ0) is 18.6. The third-order valence-electron chi connectivity index (χ3n) is 4.19. The molecule has 0 aliphatic rings. The summed E-state index contributed by atoms with van der Waals surface area (Å²) in [7, 11) is -1.63. The number of carboxylic acids is 1. The summed E-state index contributed by atoms with van der Waals surface area (Å²) < 4.78 is 2.07. The largest absolute Gasteiger partial charge is 0.481 e. The van der Waals surface area contributed by atoms with Gasteiger partial charge in [-0.1, -0.05) is 71.2 Å². The van der Waals surface area contributed by atoms with Crippen LogP contribution in [0.25, 0.3) is 0 Å². The minimum atomic E-state index is -1.63. The van der Waals surface area contributed by atoms with E-state index in [4.69, 9.17) is 5.11 Å². The molecule has 0 saturated heterocycles. The van der Waals surface area contributed by atoms with E-state index in [1.54, 1.807) is 6.92 Å². The maximum atomic E-state index is 12.2.